The standard InChI is InChI=1S/C11H24O2/c1-4-5-6-10(7-12)11(8-13)9(2)3/h9-13H,4-8H2,1-3H3. The molecule has 0 spiro atoms. The van der Waals surface area contributed by atoms with E-state index in [1.807, 2.05) is 0 Å². The molecule has 0 bridgehead atoms. The van der Waals surface area contributed by atoms with Gasteiger partial charge in [-0.05, 0) is 24.2 Å². The monoisotopic (exact) mass is 188 g/mol. The average Bonchev–Trinajstić information content (AvgIpc) is 2.11. The molecule has 0 saturated heterocycles. The summed E-state index contributed by atoms with van der Waals surface area (Å²) in [5, 5.41) is 18.4. The van der Waals surface area contributed by atoms with Crippen molar-refractivity contribution in [1.29, 1.82) is 0 Å². The van der Waals surface area contributed by atoms with Crippen LogP contribution < -0.4 is 0 Å². The van der Waals surface area contributed by atoms with Crippen LogP contribution in [0, 0.1) is 17.8 Å². The van der Waals surface area contributed by atoms with Gasteiger partial charge in [0.2, 0.25) is 0 Å². The maximum absolute atomic E-state index is 9.19. The zero-order valence-electron chi connectivity index (χ0n) is 9.16. The normalized spacial score (nSPS) is 16.2. The fraction of sp³-hybridized carbons (Fsp3) is 1.00. The summed E-state index contributed by atoms with van der Waals surface area (Å²) < 4.78 is 0. The van der Waals surface area contributed by atoms with Crippen LogP contribution in [0.25, 0.3) is 0 Å². The number of aliphatic hydroxyl groups excluding tert-OH is 2. The van der Waals surface area contributed by atoms with Gasteiger partial charge < -0.3 is 10.2 Å². The molecule has 2 heteroatoms. The fourth-order valence-electron chi connectivity index (χ4n) is 1.81. The molecule has 13 heavy (non-hydrogen) atoms. The highest BCUT2D eigenvalue weighted by atomic mass is 16.3. The van der Waals surface area contributed by atoms with Gasteiger partial charge in [-0.25, -0.2) is 0 Å². The lowest BCUT2D eigenvalue weighted by Gasteiger charge is -2.27. The van der Waals surface area contributed by atoms with Crippen molar-refractivity contribution in [3.63, 3.8) is 0 Å². The van der Waals surface area contributed by atoms with Gasteiger partial charge in [0.15, 0.2) is 0 Å². The predicted octanol–water partition coefficient (Wildman–Crippen LogP) is 2.05. The molecule has 0 aliphatic rings. The van der Waals surface area contributed by atoms with E-state index >= 15 is 0 Å². The number of rotatable bonds is 7. The molecule has 0 radical (unpaired) electrons. The number of hydrogen-bond acceptors (Lipinski definition) is 2. The van der Waals surface area contributed by atoms with Crippen LogP contribution in [0.2, 0.25) is 0 Å². The average molecular weight is 188 g/mol. The summed E-state index contributed by atoms with van der Waals surface area (Å²) in [6.45, 7) is 6.78. The summed E-state index contributed by atoms with van der Waals surface area (Å²) in [5.74, 6) is 1.00. The second-order valence-corrected chi connectivity index (χ2v) is 4.18. The third-order valence-electron chi connectivity index (χ3n) is 2.84. The van der Waals surface area contributed by atoms with Gasteiger partial charge in [0.1, 0.15) is 0 Å². The topological polar surface area (TPSA) is 40.5 Å². The Morgan fingerprint density at radius 2 is 1.69 bits per heavy atom. The van der Waals surface area contributed by atoms with Gasteiger partial charge in [0, 0.05) is 13.2 Å². The maximum Gasteiger partial charge on any atom is 0.0465 e. The van der Waals surface area contributed by atoms with E-state index in [0.29, 0.717) is 5.92 Å². The Labute approximate surface area is 82.0 Å². The third kappa shape index (κ3) is 4.63. The minimum absolute atomic E-state index is 0.201. The quantitative estimate of drug-likeness (QED) is 0.642. The largest absolute Gasteiger partial charge is 0.396 e. The molecule has 0 aromatic heterocycles. The Kier molecular flexibility index (Phi) is 7.29. The summed E-state index contributed by atoms with van der Waals surface area (Å²) in [6.07, 6.45) is 3.34. The highest BCUT2D eigenvalue weighted by Gasteiger charge is 2.22. The first-order valence-electron chi connectivity index (χ1n) is 5.39. The predicted molar refractivity (Wildman–Crippen MR) is 55.5 cm³/mol. The van der Waals surface area contributed by atoms with E-state index in [1.54, 1.807) is 0 Å². The van der Waals surface area contributed by atoms with E-state index in [1.165, 1.54) is 0 Å². The van der Waals surface area contributed by atoms with E-state index in [4.69, 9.17) is 0 Å². The zero-order valence-corrected chi connectivity index (χ0v) is 9.16. The van der Waals surface area contributed by atoms with E-state index in [9.17, 15) is 10.2 Å². The molecule has 2 atom stereocenters. The molecule has 2 N–H and O–H groups in total. The fourth-order valence-corrected chi connectivity index (χ4v) is 1.81. The Bertz CT molecular complexity index is 113. The highest BCUT2D eigenvalue weighted by molar-refractivity contribution is 4.71. The van der Waals surface area contributed by atoms with Crippen molar-refractivity contribution in [2.75, 3.05) is 13.2 Å². The minimum Gasteiger partial charge on any atom is -0.396 e. The van der Waals surface area contributed by atoms with Crippen LogP contribution >= 0.6 is 0 Å². The first-order chi connectivity index (χ1) is 6.17. The molecule has 0 aliphatic carbocycles. The molecule has 0 heterocycles. The van der Waals surface area contributed by atoms with Crippen molar-refractivity contribution in [2.45, 2.75) is 40.0 Å². The molecule has 0 rings (SSSR count). The van der Waals surface area contributed by atoms with E-state index in [2.05, 4.69) is 20.8 Å². The molecule has 2 nitrogen and oxygen atoms in total. The molecule has 2 unspecified atom stereocenters. The molecule has 0 aliphatic heterocycles. The van der Waals surface area contributed by atoms with Crippen LogP contribution in [0.1, 0.15) is 40.0 Å². The van der Waals surface area contributed by atoms with Crippen LogP contribution in [0.15, 0.2) is 0 Å². The van der Waals surface area contributed by atoms with Crippen molar-refractivity contribution >= 4 is 0 Å². The van der Waals surface area contributed by atoms with Crippen LogP contribution in [0.3, 0.4) is 0 Å². The molecule has 0 aromatic carbocycles. The van der Waals surface area contributed by atoms with Crippen molar-refractivity contribution in [3.05, 3.63) is 0 Å². The lowest BCUT2D eigenvalue weighted by molar-refractivity contribution is 0.0836. The molecule has 80 valence electrons. The number of aliphatic hydroxyl groups is 2. The van der Waals surface area contributed by atoms with Gasteiger partial charge >= 0.3 is 0 Å². The maximum atomic E-state index is 9.19. The summed E-state index contributed by atoms with van der Waals surface area (Å²) in [5.41, 5.74) is 0. The van der Waals surface area contributed by atoms with Crippen molar-refractivity contribution in [2.24, 2.45) is 17.8 Å². The summed E-state index contributed by atoms with van der Waals surface area (Å²) in [4.78, 5) is 0. The van der Waals surface area contributed by atoms with Crippen molar-refractivity contribution < 1.29 is 10.2 Å². The molecule has 0 amide bonds. The molecular weight excluding hydrogens is 164 g/mol. The van der Waals surface area contributed by atoms with Gasteiger partial charge in [-0.15, -0.1) is 0 Å². The number of hydrogen-bond donors (Lipinski definition) is 2. The van der Waals surface area contributed by atoms with Crippen molar-refractivity contribution in [3.8, 4) is 0 Å². The Balaban J connectivity index is 4.00. The van der Waals surface area contributed by atoms with Gasteiger partial charge in [-0.2, -0.15) is 0 Å². The van der Waals surface area contributed by atoms with Crippen LogP contribution in [0.4, 0.5) is 0 Å². The zero-order chi connectivity index (χ0) is 10.3. The van der Waals surface area contributed by atoms with Gasteiger partial charge in [0.05, 0.1) is 0 Å². The van der Waals surface area contributed by atoms with Gasteiger partial charge in [0.25, 0.3) is 0 Å². The lowest BCUT2D eigenvalue weighted by Crippen LogP contribution is -2.26. The van der Waals surface area contributed by atoms with E-state index in [0.717, 1.165) is 19.3 Å². The Morgan fingerprint density at radius 1 is 1.08 bits per heavy atom. The minimum atomic E-state index is 0.201. The molecular formula is C11H24O2. The van der Waals surface area contributed by atoms with Gasteiger partial charge in [-0.1, -0.05) is 33.6 Å². The Morgan fingerprint density at radius 3 is 2.00 bits per heavy atom. The SMILES string of the molecule is CCCCC(CO)C(CO)C(C)C. The first-order valence-corrected chi connectivity index (χ1v) is 5.39. The van der Waals surface area contributed by atoms with E-state index < -0.39 is 0 Å². The summed E-state index contributed by atoms with van der Waals surface area (Å²) in [6, 6.07) is 0. The number of unbranched alkanes of at least 4 members (excludes halogenated alkanes) is 1. The third-order valence-corrected chi connectivity index (χ3v) is 2.84. The summed E-state index contributed by atoms with van der Waals surface area (Å²) in [7, 11) is 0. The second-order valence-electron chi connectivity index (χ2n) is 4.18. The highest BCUT2D eigenvalue weighted by Crippen LogP contribution is 2.24. The Hall–Kier alpha value is -0.0800. The molecule has 0 fully saturated rings. The molecule has 0 aromatic rings. The first kappa shape index (κ1) is 12.9. The molecule has 0 saturated carbocycles. The van der Waals surface area contributed by atoms with Crippen LogP contribution in [-0.2, 0) is 0 Å². The second kappa shape index (κ2) is 7.34. The van der Waals surface area contributed by atoms with E-state index in [-0.39, 0.29) is 25.0 Å². The van der Waals surface area contributed by atoms with Crippen molar-refractivity contribution in [1.82, 2.24) is 0 Å². The van der Waals surface area contributed by atoms with Crippen LogP contribution in [0.5, 0.6) is 0 Å². The van der Waals surface area contributed by atoms with Gasteiger partial charge in [-0.3, -0.25) is 0 Å². The smallest absolute Gasteiger partial charge is 0.0465 e. The lowest BCUT2D eigenvalue weighted by atomic mass is 9.81. The van der Waals surface area contributed by atoms with Crippen LogP contribution in [-0.4, -0.2) is 23.4 Å². The summed E-state index contributed by atoms with van der Waals surface area (Å²) >= 11 is 0.